The van der Waals surface area contributed by atoms with Crippen molar-refractivity contribution < 1.29 is 14.3 Å². The molecule has 1 saturated heterocycles. The summed E-state index contributed by atoms with van der Waals surface area (Å²) < 4.78 is 10.9. The van der Waals surface area contributed by atoms with Gasteiger partial charge in [-0.25, -0.2) is 0 Å². The minimum atomic E-state index is 0.236. The molecule has 3 nitrogen and oxygen atoms in total. The lowest BCUT2D eigenvalue weighted by Gasteiger charge is -2.21. The van der Waals surface area contributed by atoms with Gasteiger partial charge in [-0.3, -0.25) is 4.79 Å². The van der Waals surface area contributed by atoms with Gasteiger partial charge in [0, 0.05) is 32.8 Å². The number of ether oxygens (including phenoxy) is 2. The predicted octanol–water partition coefficient (Wildman–Crippen LogP) is 3.15. The van der Waals surface area contributed by atoms with Crippen LogP contribution in [0.4, 0.5) is 0 Å². The molecule has 2 rings (SSSR count). The molecule has 1 aromatic rings. The van der Waals surface area contributed by atoms with Crippen molar-refractivity contribution in [1.29, 1.82) is 0 Å². The van der Waals surface area contributed by atoms with Crippen LogP contribution in [0, 0.1) is 5.92 Å². The third-order valence-electron chi connectivity index (χ3n) is 3.18. The first-order valence-corrected chi connectivity index (χ1v) is 7.46. The van der Waals surface area contributed by atoms with Crippen molar-refractivity contribution in [2.45, 2.75) is 25.7 Å². The lowest BCUT2D eigenvalue weighted by Crippen LogP contribution is -2.20. The van der Waals surface area contributed by atoms with Crippen molar-refractivity contribution in [3.05, 3.63) is 22.4 Å². The normalized spacial score (nSPS) is 16.9. The summed E-state index contributed by atoms with van der Waals surface area (Å²) in [5.41, 5.74) is 0. The fourth-order valence-electron chi connectivity index (χ4n) is 2.06. The van der Waals surface area contributed by atoms with Gasteiger partial charge in [-0.05, 0) is 36.6 Å². The molecule has 2 heterocycles. The highest BCUT2D eigenvalue weighted by atomic mass is 32.1. The minimum Gasteiger partial charge on any atom is -0.381 e. The number of hydrogen-bond acceptors (Lipinski definition) is 4. The molecule has 100 valence electrons. The maximum Gasteiger partial charge on any atom is 0.172 e. The Bertz CT molecular complexity index is 342. The SMILES string of the molecule is O=C(CCCOCC1CCOCC1)c1cccs1. The van der Waals surface area contributed by atoms with E-state index in [0.717, 1.165) is 44.0 Å². The average Bonchev–Trinajstić information content (AvgIpc) is 2.93. The van der Waals surface area contributed by atoms with Crippen molar-refractivity contribution in [2.75, 3.05) is 26.4 Å². The van der Waals surface area contributed by atoms with Gasteiger partial charge in [0.15, 0.2) is 5.78 Å². The average molecular weight is 268 g/mol. The van der Waals surface area contributed by atoms with Crippen LogP contribution in [0.2, 0.25) is 0 Å². The van der Waals surface area contributed by atoms with E-state index < -0.39 is 0 Å². The topological polar surface area (TPSA) is 35.5 Å². The molecule has 0 amide bonds. The molecule has 4 heteroatoms. The van der Waals surface area contributed by atoms with E-state index in [2.05, 4.69) is 0 Å². The van der Waals surface area contributed by atoms with E-state index in [1.807, 2.05) is 17.5 Å². The minimum absolute atomic E-state index is 0.236. The molecule has 0 saturated carbocycles. The molecule has 0 radical (unpaired) electrons. The third-order valence-corrected chi connectivity index (χ3v) is 4.09. The predicted molar refractivity (Wildman–Crippen MR) is 72.2 cm³/mol. The highest BCUT2D eigenvalue weighted by Gasteiger charge is 2.13. The lowest BCUT2D eigenvalue weighted by atomic mass is 10.0. The molecule has 0 spiro atoms. The van der Waals surface area contributed by atoms with Gasteiger partial charge in [-0.2, -0.15) is 0 Å². The summed E-state index contributed by atoms with van der Waals surface area (Å²) in [5, 5.41) is 1.94. The van der Waals surface area contributed by atoms with E-state index in [1.54, 1.807) is 0 Å². The van der Waals surface area contributed by atoms with Gasteiger partial charge in [-0.1, -0.05) is 6.07 Å². The first-order chi connectivity index (χ1) is 8.86. The molecule has 1 aromatic heterocycles. The highest BCUT2D eigenvalue weighted by molar-refractivity contribution is 7.12. The molecule has 18 heavy (non-hydrogen) atoms. The Morgan fingerprint density at radius 1 is 1.44 bits per heavy atom. The van der Waals surface area contributed by atoms with Crippen LogP contribution in [-0.2, 0) is 9.47 Å². The second kappa shape index (κ2) is 7.67. The lowest BCUT2D eigenvalue weighted by molar-refractivity contribution is 0.0199. The molecular weight excluding hydrogens is 248 g/mol. The van der Waals surface area contributed by atoms with Crippen molar-refractivity contribution in [3.63, 3.8) is 0 Å². The van der Waals surface area contributed by atoms with Crippen molar-refractivity contribution in [3.8, 4) is 0 Å². The Balaban J connectivity index is 1.52. The monoisotopic (exact) mass is 268 g/mol. The zero-order valence-corrected chi connectivity index (χ0v) is 11.4. The van der Waals surface area contributed by atoms with E-state index in [4.69, 9.17) is 9.47 Å². The highest BCUT2D eigenvalue weighted by Crippen LogP contribution is 2.15. The van der Waals surface area contributed by atoms with Gasteiger partial charge in [0.25, 0.3) is 0 Å². The molecule has 0 aromatic carbocycles. The van der Waals surface area contributed by atoms with E-state index >= 15 is 0 Å². The van der Waals surface area contributed by atoms with E-state index in [9.17, 15) is 4.79 Å². The standard InChI is InChI=1S/C14H20O3S/c15-13(14-4-2-10-18-14)3-1-7-17-11-12-5-8-16-9-6-12/h2,4,10,12H,1,3,5-9,11H2. The van der Waals surface area contributed by atoms with Crippen LogP contribution in [0.15, 0.2) is 17.5 Å². The number of rotatable bonds is 7. The van der Waals surface area contributed by atoms with Crippen molar-refractivity contribution in [2.24, 2.45) is 5.92 Å². The van der Waals surface area contributed by atoms with Gasteiger partial charge in [0.2, 0.25) is 0 Å². The van der Waals surface area contributed by atoms with Crippen LogP contribution in [-0.4, -0.2) is 32.2 Å². The van der Waals surface area contributed by atoms with Crippen LogP contribution in [0.1, 0.15) is 35.4 Å². The van der Waals surface area contributed by atoms with Gasteiger partial charge in [0.05, 0.1) is 4.88 Å². The fourth-order valence-corrected chi connectivity index (χ4v) is 2.75. The quantitative estimate of drug-likeness (QED) is 0.563. The number of hydrogen-bond donors (Lipinski definition) is 0. The molecule has 1 aliphatic heterocycles. The summed E-state index contributed by atoms with van der Waals surface area (Å²) in [4.78, 5) is 12.6. The van der Waals surface area contributed by atoms with Crippen LogP contribution in [0.3, 0.4) is 0 Å². The molecule has 1 aliphatic rings. The first-order valence-electron chi connectivity index (χ1n) is 6.58. The Morgan fingerprint density at radius 2 is 2.28 bits per heavy atom. The van der Waals surface area contributed by atoms with Gasteiger partial charge in [0.1, 0.15) is 0 Å². The van der Waals surface area contributed by atoms with E-state index in [-0.39, 0.29) is 5.78 Å². The number of thiophene rings is 1. The smallest absolute Gasteiger partial charge is 0.172 e. The molecule has 0 aliphatic carbocycles. The summed E-state index contributed by atoms with van der Waals surface area (Å²) in [7, 11) is 0. The summed E-state index contributed by atoms with van der Waals surface area (Å²) >= 11 is 1.51. The zero-order valence-electron chi connectivity index (χ0n) is 10.6. The van der Waals surface area contributed by atoms with Gasteiger partial charge >= 0.3 is 0 Å². The Kier molecular flexibility index (Phi) is 5.84. The third kappa shape index (κ3) is 4.52. The van der Waals surface area contributed by atoms with Gasteiger partial charge in [-0.15, -0.1) is 11.3 Å². The van der Waals surface area contributed by atoms with E-state index in [0.29, 0.717) is 18.9 Å². The second-order valence-corrected chi connectivity index (χ2v) is 5.58. The number of carbonyl (C=O) groups is 1. The molecule has 0 bridgehead atoms. The summed E-state index contributed by atoms with van der Waals surface area (Å²) in [5.74, 6) is 0.881. The maximum atomic E-state index is 11.7. The van der Waals surface area contributed by atoms with E-state index in [1.165, 1.54) is 11.3 Å². The first kappa shape index (κ1) is 13.7. The second-order valence-electron chi connectivity index (χ2n) is 4.63. The number of ketones is 1. The number of carbonyl (C=O) groups excluding carboxylic acids is 1. The summed E-state index contributed by atoms with van der Waals surface area (Å²) in [6.07, 6.45) is 3.62. The van der Waals surface area contributed by atoms with Crippen LogP contribution in [0.25, 0.3) is 0 Å². The molecule has 0 atom stereocenters. The Hall–Kier alpha value is -0.710. The largest absolute Gasteiger partial charge is 0.381 e. The summed E-state index contributed by atoms with van der Waals surface area (Å²) in [6.45, 7) is 3.24. The fraction of sp³-hybridized carbons (Fsp3) is 0.643. The van der Waals surface area contributed by atoms with Crippen molar-refractivity contribution >= 4 is 17.1 Å². The zero-order chi connectivity index (χ0) is 12.6. The molecule has 1 fully saturated rings. The Morgan fingerprint density at radius 3 is 3.00 bits per heavy atom. The van der Waals surface area contributed by atoms with Crippen molar-refractivity contribution in [1.82, 2.24) is 0 Å². The van der Waals surface area contributed by atoms with Crippen LogP contribution < -0.4 is 0 Å². The maximum absolute atomic E-state index is 11.7. The van der Waals surface area contributed by atoms with Crippen LogP contribution in [0.5, 0.6) is 0 Å². The van der Waals surface area contributed by atoms with Gasteiger partial charge < -0.3 is 9.47 Å². The number of Topliss-reactive ketones (excluding diaryl/α,β-unsaturated/α-hetero) is 1. The molecule has 0 unspecified atom stereocenters. The molecule has 0 N–H and O–H groups in total. The molecular formula is C14H20O3S. The Labute approximate surface area is 112 Å². The summed E-state index contributed by atoms with van der Waals surface area (Å²) in [6, 6.07) is 3.80. The van der Waals surface area contributed by atoms with Crippen LogP contribution >= 0.6 is 11.3 Å².